The lowest BCUT2D eigenvalue weighted by atomic mass is 10.0. The van der Waals surface area contributed by atoms with Crippen molar-refractivity contribution in [1.82, 2.24) is 9.55 Å². The van der Waals surface area contributed by atoms with Crippen LogP contribution >= 0.6 is 7.37 Å². The van der Waals surface area contributed by atoms with Crippen molar-refractivity contribution >= 4 is 23.3 Å². The highest BCUT2D eigenvalue weighted by Gasteiger charge is 2.50. The normalized spacial score (nSPS) is 13.6. The van der Waals surface area contributed by atoms with Gasteiger partial charge in [-0.3, -0.25) is 9.13 Å². The van der Waals surface area contributed by atoms with Crippen molar-refractivity contribution in [2.24, 2.45) is 4.40 Å². The van der Waals surface area contributed by atoms with Crippen LogP contribution < -0.4 is 0 Å². The molecule has 0 fully saturated rings. The van der Waals surface area contributed by atoms with Crippen molar-refractivity contribution in [2.45, 2.75) is 90.4 Å². The van der Waals surface area contributed by atoms with Gasteiger partial charge in [0.15, 0.2) is 0 Å². The first kappa shape index (κ1) is 29.9. The van der Waals surface area contributed by atoms with Gasteiger partial charge < -0.3 is 4.52 Å². The third kappa shape index (κ3) is 5.81. The van der Waals surface area contributed by atoms with E-state index in [1.807, 2.05) is 66.7 Å². The lowest BCUT2D eigenvalue weighted by molar-refractivity contribution is 0.413. The molecule has 9 heteroatoms. The zero-order valence-electron chi connectivity index (χ0n) is 23.9. The van der Waals surface area contributed by atoms with Crippen LogP contribution in [0.5, 0.6) is 0 Å². The van der Waals surface area contributed by atoms with E-state index in [2.05, 4.69) is 23.2 Å². The first-order chi connectivity index (χ1) is 17.6. The summed E-state index contributed by atoms with van der Waals surface area (Å²) in [5.41, 5.74) is 3.96. The summed E-state index contributed by atoms with van der Waals surface area (Å²) in [6, 6.07) is 12.5. The maximum atomic E-state index is 14.6. The third-order valence-corrected chi connectivity index (χ3v) is 11.8. The molecule has 3 rings (SSSR count). The van der Waals surface area contributed by atoms with Gasteiger partial charge in [-0.25, -0.2) is 4.98 Å². The van der Waals surface area contributed by atoms with Crippen LogP contribution in [0, 0.1) is 6.92 Å². The Morgan fingerprint density at radius 3 is 1.95 bits per heavy atom. The Morgan fingerprint density at radius 2 is 1.47 bits per heavy atom. The molecule has 7 nitrogen and oxygen atoms in total. The van der Waals surface area contributed by atoms with Gasteiger partial charge in [-0.1, -0.05) is 91.3 Å². The number of nitrogens with zero attached hydrogens (tertiary/aromatic N) is 3. The van der Waals surface area contributed by atoms with Crippen LogP contribution in [0.3, 0.4) is 0 Å². The van der Waals surface area contributed by atoms with Gasteiger partial charge in [0, 0.05) is 22.7 Å². The molecular weight excluding hydrogens is 517 g/mol. The van der Waals surface area contributed by atoms with E-state index >= 15 is 0 Å². The largest absolute Gasteiger partial charge is 0.420 e. The summed E-state index contributed by atoms with van der Waals surface area (Å²) in [7, 11) is -7.77. The Kier molecular flexibility index (Phi) is 8.50. The SMILES string of the molecule is CCc1cccc(CC)c1-n1ccnc1/C(=N/S(=O)(=O)c1ccc(C)cc1)OP(=O)(C(C)(C)C)C(C)(C)C. The Balaban J connectivity index is 2.35. The van der Waals surface area contributed by atoms with E-state index in [9.17, 15) is 13.0 Å². The van der Waals surface area contributed by atoms with E-state index in [0.717, 1.165) is 35.2 Å². The van der Waals surface area contributed by atoms with E-state index in [4.69, 9.17) is 4.52 Å². The van der Waals surface area contributed by atoms with Crippen molar-refractivity contribution in [3.8, 4) is 5.69 Å². The van der Waals surface area contributed by atoms with Gasteiger partial charge >= 0.3 is 0 Å². The fraction of sp³-hybridized carbons (Fsp3) is 0.448. The van der Waals surface area contributed by atoms with Gasteiger partial charge in [0.2, 0.25) is 5.82 Å². The van der Waals surface area contributed by atoms with E-state index < -0.39 is 27.7 Å². The molecule has 38 heavy (non-hydrogen) atoms. The smallest absolute Gasteiger partial charge is 0.285 e. The Hall–Kier alpha value is -2.70. The number of aryl methyl sites for hydroxylation is 3. The van der Waals surface area contributed by atoms with Gasteiger partial charge in [0.05, 0.1) is 10.6 Å². The van der Waals surface area contributed by atoms with Crippen LogP contribution in [0.2, 0.25) is 0 Å². The van der Waals surface area contributed by atoms with E-state index in [1.54, 1.807) is 29.1 Å². The molecule has 0 saturated carbocycles. The van der Waals surface area contributed by atoms with Crippen molar-refractivity contribution in [3.05, 3.63) is 77.4 Å². The maximum Gasteiger partial charge on any atom is 0.285 e. The quantitative estimate of drug-likeness (QED) is 0.172. The van der Waals surface area contributed by atoms with Crippen molar-refractivity contribution in [1.29, 1.82) is 0 Å². The molecule has 2 aromatic carbocycles. The molecule has 0 saturated heterocycles. The molecule has 1 aromatic heterocycles. The number of para-hydroxylation sites is 1. The zero-order chi connectivity index (χ0) is 28.5. The average molecular weight is 558 g/mol. The summed E-state index contributed by atoms with van der Waals surface area (Å²) >= 11 is 0. The number of benzene rings is 2. The van der Waals surface area contributed by atoms with Crippen LogP contribution in [0.25, 0.3) is 5.69 Å². The zero-order valence-corrected chi connectivity index (χ0v) is 25.7. The molecule has 3 aromatic rings. The second-order valence-corrected chi connectivity index (χ2v) is 17.0. The Labute approximate surface area is 227 Å². The highest BCUT2D eigenvalue weighted by atomic mass is 32.2. The molecule has 0 aliphatic carbocycles. The van der Waals surface area contributed by atoms with Gasteiger partial charge in [-0.2, -0.15) is 8.42 Å². The second-order valence-electron chi connectivity index (χ2n) is 11.4. The molecule has 0 unspecified atom stereocenters. The number of hydrogen-bond acceptors (Lipinski definition) is 5. The first-order valence-corrected chi connectivity index (χ1v) is 16.0. The van der Waals surface area contributed by atoms with Gasteiger partial charge in [0.1, 0.15) is 0 Å². The molecule has 0 aliphatic rings. The van der Waals surface area contributed by atoms with Crippen LogP contribution in [-0.4, -0.2) is 34.2 Å². The summed E-state index contributed by atoms with van der Waals surface area (Å²) in [5.74, 6) is -0.0956. The number of sulfonamides is 1. The van der Waals surface area contributed by atoms with Crippen molar-refractivity contribution < 1.29 is 17.5 Å². The molecule has 0 atom stereocenters. The lowest BCUT2D eigenvalue weighted by Gasteiger charge is -2.39. The molecule has 0 bridgehead atoms. The standard InChI is InChI=1S/C29H40N3O4PS/c1-10-22-13-12-14-23(11-2)25(22)32-20-19-30-26(32)27(36-37(33,28(4,5)6)29(7,8)9)31-38(34,35)24-17-15-21(3)16-18-24/h12-20H,10-11H2,1-9H3/b31-27-. The minimum atomic E-state index is -4.21. The molecular formula is C29H40N3O4PS. The van der Waals surface area contributed by atoms with Crippen molar-refractivity contribution in [2.75, 3.05) is 0 Å². The summed E-state index contributed by atoms with van der Waals surface area (Å²) in [6.45, 7) is 17.0. The van der Waals surface area contributed by atoms with E-state index in [-0.39, 0.29) is 16.6 Å². The van der Waals surface area contributed by atoms with Gasteiger partial charge in [-0.05, 0) is 43.0 Å². The predicted octanol–water partition coefficient (Wildman–Crippen LogP) is 7.33. The summed E-state index contributed by atoms with van der Waals surface area (Å²) in [4.78, 5) is 4.53. The molecule has 0 N–H and O–H groups in total. The number of rotatable bonds is 7. The van der Waals surface area contributed by atoms with Crippen LogP contribution in [0.4, 0.5) is 0 Å². The summed E-state index contributed by atoms with van der Waals surface area (Å²) in [6.07, 6.45) is 4.87. The fourth-order valence-electron chi connectivity index (χ4n) is 4.54. The molecule has 1 heterocycles. The topological polar surface area (TPSA) is 90.6 Å². The fourth-order valence-corrected chi connectivity index (χ4v) is 8.44. The Bertz CT molecular complexity index is 1430. The molecule has 0 radical (unpaired) electrons. The first-order valence-electron chi connectivity index (χ1n) is 12.9. The monoisotopic (exact) mass is 557 g/mol. The predicted molar refractivity (Wildman–Crippen MR) is 155 cm³/mol. The van der Waals surface area contributed by atoms with E-state index in [0.29, 0.717) is 0 Å². The lowest BCUT2D eigenvalue weighted by Crippen LogP contribution is -2.32. The highest BCUT2D eigenvalue weighted by molar-refractivity contribution is 7.90. The third-order valence-electron chi connectivity index (χ3n) is 6.54. The Morgan fingerprint density at radius 1 is 0.947 bits per heavy atom. The molecule has 0 aliphatic heterocycles. The summed E-state index contributed by atoms with van der Waals surface area (Å²) in [5, 5.41) is -1.60. The number of hydrogen-bond donors (Lipinski definition) is 0. The maximum absolute atomic E-state index is 14.6. The van der Waals surface area contributed by atoms with Gasteiger partial charge in [0.25, 0.3) is 23.3 Å². The molecule has 0 amide bonds. The van der Waals surface area contributed by atoms with Crippen molar-refractivity contribution in [3.63, 3.8) is 0 Å². The highest BCUT2D eigenvalue weighted by Crippen LogP contribution is 2.68. The van der Waals surface area contributed by atoms with E-state index in [1.165, 1.54) is 12.1 Å². The minimum absolute atomic E-state index is 0.0202. The van der Waals surface area contributed by atoms with Crippen LogP contribution in [0.1, 0.15) is 77.9 Å². The van der Waals surface area contributed by atoms with Gasteiger partial charge in [-0.15, -0.1) is 4.40 Å². The molecule has 206 valence electrons. The summed E-state index contributed by atoms with van der Waals surface area (Å²) < 4.78 is 54.0. The minimum Gasteiger partial charge on any atom is -0.420 e. The van der Waals surface area contributed by atoms with Crippen LogP contribution in [0.15, 0.2) is 64.2 Å². The number of imidazole rings is 1. The number of aromatic nitrogens is 2. The molecule has 0 spiro atoms. The van der Waals surface area contributed by atoms with Crippen LogP contribution in [-0.2, 0) is 32.0 Å². The average Bonchev–Trinajstić information content (AvgIpc) is 3.31. The second kappa shape index (κ2) is 10.8.